The molecule has 3 aromatic carbocycles. The van der Waals surface area contributed by atoms with Crippen LogP contribution < -0.4 is 4.74 Å². The number of aromatic carboxylic acids is 1. The predicted molar refractivity (Wildman–Crippen MR) is 131 cm³/mol. The van der Waals surface area contributed by atoms with Crippen LogP contribution in [0, 0.1) is 0 Å². The molecule has 2 heterocycles. The first-order valence-corrected chi connectivity index (χ1v) is 11.4. The highest BCUT2D eigenvalue weighted by Crippen LogP contribution is 2.31. The fraction of sp³-hybridized carbons (Fsp3) is 0.192. The Bertz CT molecular complexity index is 1500. The van der Waals surface area contributed by atoms with Crippen molar-refractivity contribution in [1.82, 2.24) is 29.8 Å². The summed E-state index contributed by atoms with van der Waals surface area (Å²) in [4.78, 5) is 16.4. The molecular formula is C26H24N6O3. The zero-order valence-electron chi connectivity index (χ0n) is 19.4. The first-order valence-electron chi connectivity index (χ1n) is 11.4. The van der Waals surface area contributed by atoms with Gasteiger partial charge in [-0.05, 0) is 53.1 Å². The zero-order chi connectivity index (χ0) is 24.4. The molecule has 5 rings (SSSR count). The summed E-state index contributed by atoms with van der Waals surface area (Å²) >= 11 is 0. The maximum absolute atomic E-state index is 11.9. The highest BCUT2D eigenvalue weighted by Gasteiger charge is 2.19. The topological polar surface area (TPSA) is 108 Å². The van der Waals surface area contributed by atoms with Gasteiger partial charge >= 0.3 is 5.97 Å². The van der Waals surface area contributed by atoms with Gasteiger partial charge in [-0.3, -0.25) is 4.57 Å². The van der Waals surface area contributed by atoms with Gasteiger partial charge in [0.2, 0.25) is 0 Å². The molecule has 0 fully saturated rings. The van der Waals surface area contributed by atoms with Gasteiger partial charge in [0.05, 0.1) is 29.7 Å². The molecule has 0 bridgehead atoms. The van der Waals surface area contributed by atoms with E-state index in [0.717, 1.165) is 28.1 Å². The van der Waals surface area contributed by atoms with Crippen LogP contribution in [0.15, 0.2) is 66.7 Å². The first kappa shape index (κ1) is 22.3. The molecule has 0 aliphatic heterocycles. The predicted octanol–water partition coefficient (Wildman–Crippen LogP) is 4.52. The normalized spacial score (nSPS) is 11.1. The first-order chi connectivity index (χ1) is 17.1. The third-order valence-electron chi connectivity index (χ3n) is 5.84. The lowest BCUT2D eigenvalue weighted by atomic mass is 9.98. The molecule has 9 nitrogen and oxygen atoms in total. The Hall–Kier alpha value is -4.53. The number of rotatable bonds is 8. The van der Waals surface area contributed by atoms with Gasteiger partial charge in [0.25, 0.3) is 6.01 Å². The summed E-state index contributed by atoms with van der Waals surface area (Å²) in [5, 5.41) is 21.8. The minimum Gasteiger partial charge on any atom is -0.478 e. The number of imidazole rings is 1. The molecule has 0 saturated carbocycles. The van der Waals surface area contributed by atoms with E-state index >= 15 is 0 Å². The van der Waals surface area contributed by atoms with Crippen LogP contribution in [0.5, 0.6) is 6.01 Å². The molecule has 2 aromatic heterocycles. The van der Waals surface area contributed by atoms with Crippen LogP contribution in [-0.4, -0.2) is 47.4 Å². The third kappa shape index (κ3) is 4.12. The molecule has 0 spiro atoms. The molecule has 5 aromatic rings. The van der Waals surface area contributed by atoms with Crippen LogP contribution in [-0.2, 0) is 13.1 Å². The minimum atomic E-state index is -0.999. The van der Waals surface area contributed by atoms with E-state index in [1.165, 1.54) is 0 Å². The van der Waals surface area contributed by atoms with E-state index in [4.69, 9.17) is 4.74 Å². The lowest BCUT2D eigenvalue weighted by molar-refractivity contribution is 0.0698. The van der Waals surface area contributed by atoms with Crippen molar-refractivity contribution in [3.63, 3.8) is 0 Å². The number of hydrogen-bond donors (Lipinski definition) is 1. The highest BCUT2D eigenvalue weighted by atomic mass is 16.5. The van der Waals surface area contributed by atoms with Crippen molar-refractivity contribution < 1.29 is 14.6 Å². The summed E-state index contributed by atoms with van der Waals surface area (Å²) in [6, 6.07) is 21.7. The van der Waals surface area contributed by atoms with Gasteiger partial charge in [0, 0.05) is 12.1 Å². The summed E-state index contributed by atoms with van der Waals surface area (Å²) in [5.74, 6) is -0.277. The largest absolute Gasteiger partial charge is 0.478 e. The number of tetrazole rings is 1. The Morgan fingerprint density at radius 2 is 1.74 bits per heavy atom. The summed E-state index contributed by atoms with van der Waals surface area (Å²) in [7, 11) is 0. The van der Waals surface area contributed by atoms with Gasteiger partial charge in [-0.25, -0.2) is 9.48 Å². The van der Waals surface area contributed by atoms with Crippen molar-refractivity contribution in [2.75, 3.05) is 6.61 Å². The summed E-state index contributed by atoms with van der Waals surface area (Å²) in [6.07, 6.45) is 0. The molecule has 0 saturated heterocycles. The van der Waals surface area contributed by atoms with Crippen LogP contribution in [0.1, 0.15) is 29.8 Å². The molecule has 176 valence electrons. The van der Waals surface area contributed by atoms with E-state index in [0.29, 0.717) is 36.7 Å². The van der Waals surface area contributed by atoms with Crippen molar-refractivity contribution >= 4 is 17.0 Å². The summed E-state index contributed by atoms with van der Waals surface area (Å²) < 4.78 is 9.33. The molecule has 0 radical (unpaired) electrons. The number of nitrogens with zero attached hydrogens (tertiary/aromatic N) is 6. The van der Waals surface area contributed by atoms with Gasteiger partial charge < -0.3 is 9.84 Å². The average Bonchev–Trinajstić information content (AvgIpc) is 3.49. The number of aryl methyl sites for hydroxylation is 1. The van der Waals surface area contributed by atoms with Crippen molar-refractivity contribution in [2.45, 2.75) is 26.9 Å². The van der Waals surface area contributed by atoms with Crippen molar-refractivity contribution in [1.29, 1.82) is 0 Å². The number of para-hydroxylation sites is 1. The molecule has 35 heavy (non-hydrogen) atoms. The fourth-order valence-corrected chi connectivity index (χ4v) is 4.24. The van der Waals surface area contributed by atoms with Gasteiger partial charge in [-0.2, -0.15) is 4.98 Å². The lowest BCUT2D eigenvalue weighted by Gasteiger charge is -2.12. The zero-order valence-corrected chi connectivity index (χ0v) is 19.4. The van der Waals surface area contributed by atoms with E-state index in [-0.39, 0.29) is 5.56 Å². The van der Waals surface area contributed by atoms with Crippen molar-refractivity contribution in [3.05, 3.63) is 77.9 Å². The highest BCUT2D eigenvalue weighted by molar-refractivity contribution is 6.01. The van der Waals surface area contributed by atoms with Crippen molar-refractivity contribution in [2.24, 2.45) is 0 Å². The monoisotopic (exact) mass is 468 g/mol. The third-order valence-corrected chi connectivity index (χ3v) is 5.84. The van der Waals surface area contributed by atoms with E-state index < -0.39 is 5.97 Å². The SMILES string of the molecule is CCOc1nc2cccc(C(=O)O)c2n1Cc1ccc(-c2ccccc2-c2nnnn2CC)cc1. The molecule has 1 N–H and O–H groups in total. The smallest absolute Gasteiger partial charge is 0.337 e. The Kier molecular flexibility index (Phi) is 5.97. The number of carboxylic acids is 1. The Balaban J connectivity index is 1.52. The maximum Gasteiger partial charge on any atom is 0.337 e. The number of carbonyl (C=O) groups is 1. The van der Waals surface area contributed by atoms with Gasteiger partial charge in [0.15, 0.2) is 5.82 Å². The number of ether oxygens (including phenoxy) is 1. The van der Waals surface area contributed by atoms with Crippen LogP contribution in [0.25, 0.3) is 33.5 Å². The van der Waals surface area contributed by atoms with Crippen LogP contribution in [0.2, 0.25) is 0 Å². The molecule has 9 heteroatoms. The number of fused-ring (bicyclic) bond motifs is 1. The molecular weight excluding hydrogens is 444 g/mol. The van der Waals surface area contributed by atoms with E-state index in [9.17, 15) is 9.90 Å². The van der Waals surface area contributed by atoms with Gasteiger partial charge in [-0.15, -0.1) is 5.10 Å². The van der Waals surface area contributed by atoms with Crippen LogP contribution in [0.3, 0.4) is 0 Å². The average molecular weight is 469 g/mol. The fourth-order valence-electron chi connectivity index (χ4n) is 4.24. The lowest BCUT2D eigenvalue weighted by Crippen LogP contribution is -2.08. The Morgan fingerprint density at radius 1 is 0.971 bits per heavy atom. The van der Waals surface area contributed by atoms with Gasteiger partial charge in [-0.1, -0.05) is 54.6 Å². The Labute approximate surface area is 201 Å². The maximum atomic E-state index is 11.9. The van der Waals surface area contributed by atoms with E-state index in [1.807, 2.05) is 60.9 Å². The standard InChI is InChI=1S/C26H24N6O3/c1-3-32-24(28-29-30-32)20-9-6-5-8-19(20)18-14-12-17(13-15-18)16-31-23-21(25(33)34)10-7-11-22(23)27-26(31)35-4-2/h5-15H,3-4,16H2,1-2H3,(H,33,34). The quantitative estimate of drug-likeness (QED) is 0.357. The number of carboxylic acid groups (broad SMARTS) is 1. The van der Waals surface area contributed by atoms with Crippen LogP contribution >= 0.6 is 0 Å². The second kappa shape index (κ2) is 9.38. The second-order valence-corrected chi connectivity index (χ2v) is 7.95. The summed E-state index contributed by atoms with van der Waals surface area (Å²) in [6.45, 7) is 5.41. The molecule has 0 atom stereocenters. The van der Waals surface area contributed by atoms with Crippen molar-refractivity contribution in [3.8, 4) is 28.5 Å². The number of benzene rings is 3. The Morgan fingerprint density at radius 3 is 2.46 bits per heavy atom. The van der Waals surface area contributed by atoms with E-state index in [2.05, 4.69) is 26.6 Å². The number of aromatic nitrogens is 6. The minimum absolute atomic E-state index is 0.195. The van der Waals surface area contributed by atoms with Crippen LogP contribution in [0.4, 0.5) is 0 Å². The number of hydrogen-bond acceptors (Lipinski definition) is 6. The van der Waals surface area contributed by atoms with E-state index in [1.54, 1.807) is 22.9 Å². The second-order valence-electron chi connectivity index (χ2n) is 7.95. The summed E-state index contributed by atoms with van der Waals surface area (Å²) in [5.41, 5.74) is 5.33. The molecule has 0 aliphatic rings. The molecule has 0 amide bonds. The molecule has 0 aliphatic carbocycles. The molecule has 0 unspecified atom stereocenters. The van der Waals surface area contributed by atoms with Gasteiger partial charge in [0.1, 0.15) is 0 Å².